The Balaban J connectivity index is 1.18. The Morgan fingerprint density at radius 3 is 2.34 bits per heavy atom. The number of hydrogen-bond donors (Lipinski definition) is 1. The molecule has 254 valence electrons. The number of hydrogen-bond acceptors (Lipinski definition) is 7. The highest BCUT2D eigenvalue weighted by atomic mass is 35.5. The number of carbonyl (C=O) groups is 2. The summed E-state index contributed by atoms with van der Waals surface area (Å²) in [6.45, 7) is 6.65. The predicted molar refractivity (Wildman–Crippen MR) is 185 cm³/mol. The van der Waals surface area contributed by atoms with Crippen molar-refractivity contribution in [2.75, 3.05) is 49.5 Å². The molecular formula is C33H40Cl2FN5O4S2. The van der Waals surface area contributed by atoms with Crippen molar-refractivity contribution in [3.63, 3.8) is 0 Å². The summed E-state index contributed by atoms with van der Waals surface area (Å²) < 4.78 is 41.7. The van der Waals surface area contributed by atoms with Crippen LogP contribution < -0.4 is 10.2 Å². The summed E-state index contributed by atoms with van der Waals surface area (Å²) in [5, 5.41) is 3.57. The molecule has 1 N–H and O–H groups in total. The monoisotopic (exact) mass is 723 g/mol. The second kappa shape index (κ2) is 15.7. The van der Waals surface area contributed by atoms with Crippen LogP contribution in [0.1, 0.15) is 50.3 Å². The summed E-state index contributed by atoms with van der Waals surface area (Å²) in [4.78, 5) is 33.8. The molecule has 1 aromatic heterocycles. The molecular weight excluding hydrogens is 684 g/mol. The summed E-state index contributed by atoms with van der Waals surface area (Å²) in [5.41, 5.74) is 2.17. The molecule has 3 aromatic rings. The van der Waals surface area contributed by atoms with Gasteiger partial charge in [0.05, 0.1) is 15.7 Å². The number of aromatic nitrogens is 1. The van der Waals surface area contributed by atoms with Crippen LogP contribution in [0.3, 0.4) is 0 Å². The number of aryl methyl sites for hydroxylation is 1. The minimum atomic E-state index is -3.83. The molecule has 2 amide bonds. The number of piperidine rings is 2. The van der Waals surface area contributed by atoms with Crippen LogP contribution in [0.25, 0.3) is 0 Å². The van der Waals surface area contributed by atoms with E-state index in [-0.39, 0.29) is 46.0 Å². The fourth-order valence-electron chi connectivity index (χ4n) is 6.35. The van der Waals surface area contributed by atoms with Crippen LogP contribution in [-0.2, 0) is 26.0 Å². The van der Waals surface area contributed by atoms with Crippen LogP contribution in [0.2, 0.25) is 10.0 Å². The molecule has 2 aliphatic heterocycles. The van der Waals surface area contributed by atoms with E-state index in [2.05, 4.69) is 15.2 Å². The number of halogens is 3. The van der Waals surface area contributed by atoms with E-state index in [0.29, 0.717) is 46.7 Å². The van der Waals surface area contributed by atoms with Gasteiger partial charge < -0.3 is 15.1 Å². The lowest BCUT2D eigenvalue weighted by molar-refractivity contribution is -0.123. The van der Waals surface area contributed by atoms with Crippen LogP contribution in [0.15, 0.2) is 46.7 Å². The number of carbonyl (C=O) groups excluding carboxylic acids is 2. The Morgan fingerprint density at radius 2 is 1.70 bits per heavy atom. The quantitative estimate of drug-likeness (QED) is 0.238. The molecule has 0 atom stereocenters. The SMILES string of the molecule is CC(=O)Nc1nc(C)c(S(=O)(=O)N2CCC(C(=O)N(CCCN3CCC(Cc4ccc(F)cc4)CC3)c3ccc(Cl)c(Cl)c3)CC2)s1. The highest BCUT2D eigenvalue weighted by Gasteiger charge is 2.36. The van der Waals surface area contributed by atoms with E-state index < -0.39 is 10.0 Å². The maximum atomic E-state index is 14.0. The molecule has 5 rings (SSSR count). The summed E-state index contributed by atoms with van der Waals surface area (Å²) >= 11 is 13.5. The molecule has 2 aliphatic rings. The van der Waals surface area contributed by atoms with Crippen LogP contribution >= 0.6 is 34.5 Å². The molecule has 0 saturated carbocycles. The number of sulfonamides is 1. The van der Waals surface area contributed by atoms with Gasteiger partial charge in [0.15, 0.2) is 9.34 Å². The lowest BCUT2D eigenvalue weighted by Gasteiger charge is -2.35. The zero-order valence-electron chi connectivity index (χ0n) is 26.6. The Hall–Kier alpha value is -2.61. The first-order valence-corrected chi connectivity index (χ1v) is 18.9. The molecule has 0 bridgehead atoms. The summed E-state index contributed by atoms with van der Waals surface area (Å²) in [6.07, 6.45) is 4.63. The number of benzene rings is 2. The lowest BCUT2D eigenvalue weighted by atomic mass is 9.90. The maximum absolute atomic E-state index is 14.0. The molecule has 2 fully saturated rings. The number of rotatable bonds is 11. The van der Waals surface area contributed by atoms with Gasteiger partial charge in [0.25, 0.3) is 10.0 Å². The van der Waals surface area contributed by atoms with Gasteiger partial charge >= 0.3 is 0 Å². The zero-order valence-corrected chi connectivity index (χ0v) is 29.7. The number of thiazole rings is 1. The molecule has 2 saturated heterocycles. The highest BCUT2D eigenvalue weighted by Crippen LogP contribution is 2.34. The van der Waals surface area contributed by atoms with Gasteiger partial charge in [0.1, 0.15) is 5.82 Å². The smallest absolute Gasteiger partial charge is 0.254 e. The first kappa shape index (κ1) is 35.7. The van der Waals surface area contributed by atoms with Crippen molar-refractivity contribution >= 4 is 67.2 Å². The number of likely N-dealkylation sites (tertiary alicyclic amines) is 1. The Morgan fingerprint density at radius 1 is 1.02 bits per heavy atom. The summed E-state index contributed by atoms with van der Waals surface area (Å²) in [5.74, 6) is -0.371. The second-order valence-electron chi connectivity index (χ2n) is 12.3. The lowest BCUT2D eigenvalue weighted by Crippen LogP contribution is -2.45. The standard InChI is InChI=1S/C33H40Cl2FN5O4S2/c1-22-32(46-33(37-22)38-23(2)42)47(44,45)40-18-12-26(13-19-40)31(43)41(28-8-9-29(34)30(35)21-28)15-3-14-39-16-10-25(11-17-39)20-24-4-6-27(36)7-5-24/h4-9,21,25-26H,3,10-20H2,1-2H3,(H,37,38,42). The minimum Gasteiger partial charge on any atom is -0.312 e. The van der Waals surface area contributed by atoms with Gasteiger partial charge in [0, 0.05) is 38.2 Å². The van der Waals surface area contributed by atoms with Gasteiger partial charge in [-0.1, -0.05) is 46.7 Å². The van der Waals surface area contributed by atoms with Gasteiger partial charge in [-0.3, -0.25) is 9.59 Å². The first-order valence-electron chi connectivity index (χ1n) is 15.9. The molecule has 14 heteroatoms. The van der Waals surface area contributed by atoms with Crippen molar-refractivity contribution in [1.29, 1.82) is 0 Å². The van der Waals surface area contributed by atoms with Crippen molar-refractivity contribution in [2.24, 2.45) is 11.8 Å². The van der Waals surface area contributed by atoms with E-state index in [0.717, 1.165) is 56.7 Å². The molecule has 0 aliphatic carbocycles. The number of anilines is 2. The van der Waals surface area contributed by atoms with Crippen molar-refractivity contribution in [2.45, 2.75) is 56.6 Å². The molecule has 0 spiro atoms. The Labute approximate surface area is 290 Å². The van der Waals surface area contributed by atoms with Crippen LogP contribution in [0.5, 0.6) is 0 Å². The molecule has 47 heavy (non-hydrogen) atoms. The van der Waals surface area contributed by atoms with Gasteiger partial charge in [-0.25, -0.2) is 17.8 Å². The fourth-order valence-corrected chi connectivity index (χ4v) is 9.70. The van der Waals surface area contributed by atoms with E-state index in [1.165, 1.54) is 28.9 Å². The van der Waals surface area contributed by atoms with E-state index in [9.17, 15) is 22.4 Å². The molecule has 9 nitrogen and oxygen atoms in total. The molecule has 3 heterocycles. The second-order valence-corrected chi connectivity index (χ2v) is 16.3. The van der Waals surface area contributed by atoms with Gasteiger partial charge in [0.2, 0.25) is 11.8 Å². The number of amides is 2. The van der Waals surface area contributed by atoms with Crippen molar-refractivity contribution in [3.8, 4) is 0 Å². The van der Waals surface area contributed by atoms with Crippen molar-refractivity contribution in [1.82, 2.24) is 14.2 Å². The van der Waals surface area contributed by atoms with E-state index >= 15 is 0 Å². The third kappa shape index (κ3) is 9.10. The predicted octanol–water partition coefficient (Wildman–Crippen LogP) is 6.63. The molecule has 0 unspecified atom stereocenters. The van der Waals surface area contributed by atoms with E-state index in [4.69, 9.17) is 23.2 Å². The Bertz CT molecular complexity index is 1670. The highest BCUT2D eigenvalue weighted by molar-refractivity contribution is 7.91. The first-order chi connectivity index (χ1) is 22.4. The molecule has 0 radical (unpaired) electrons. The largest absolute Gasteiger partial charge is 0.312 e. The normalized spacial score (nSPS) is 17.1. The van der Waals surface area contributed by atoms with E-state index in [1.54, 1.807) is 30.0 Å². The fraction of sp³-hybridized carbons (Fsp3) is 0.485. The van der Waals surface area contributed by atoms with Crippen molar-refractivity contribution < 1.29 is 22.4 Å². The van der Waals surface area contributed by atoms with Crippen molar-refractivity contribution in [3.05, 3.63) is 69.6 Å². The van der Waals surface area contributed by atoms with Crippen LogP contribution in [0.4, 0.5) is 15.2 Å². The average Bonchev–Trinajstić information content (AvgIpc) is 3.42. The topological polar surface area (TPSA) is 103 Å². The zero-order chi connectivity index (χ0) is 33.7. The van der Waals surface area contributed by atoms with Crippen LogP contribution in [0, 0.1) is 24.6 Å². The number of nitrogens with one attached hydrogen (secondary N) is 1. The van der Waals surface area contributed by atoms with E-state index in [1.807, 2.05) is 12.1 Å². The van der Waals surface area contributed by atoms with Crippen LogP contribution in [-0.4, -0.2) is 73.7 Å². The maximum Gasteiger partial charge on any atom is 0.254 e. The third-order valence-electron chi connectivity index (χ3n) is 8.90. The third-order valence-corrected chi connectivity index (χ3v) is 13.2. The van der Waals surface area contributed by atoms with Gasteiger partial charge in [-0.2, -0.15) is 4.31 Å². The Kier molecular flexibility index (Phi) is 11.9. The minimum absolute atomic E-state index is 0.0552. The number of nitrogens with zero attached hydrogens (tertiary/aromatic N) is 4. The summed E-state index contributed by atoms with van der Waals surface area (Å²) in [7, 11) is -3.83. The van der Waals surface area contributed by atoms with Gasteiger partial charge in [-0.15, -0.1) is 0 Å². The molecule has 2 aromatic carbocycles. The average molecular weight is 725 g/mol. The van der Waals surface area contributed by atoms with Gasteiger partial charge in [-0.05, 0) is 107 Å². The summed E-state index contributed by atoms with van der Waals surface area (Å²) in [6, 6.07) is 12.0.